The van der Waals surface area contributed by atoms with Crippen molar-refractivity contribution in [3.63, 3.8) is 0 Å². The number of nitrogens with zero attached hydrogens (tertiary/aromatic N) is 1. The number of phenols is 2. The number of nitrogens with one attached hydrogen (secondary N) is 2. The molecule has 0 bridgehead atoms. The number of rotatable bonds is 1. The average molecular weight is 323 g/mol. The second-order valence-corrected chi connectivity index (χ2v) is 6.09. The van der Waals surface area contributed by atoms with Crippen molar-refractivity contribution in [1.82, 2.24) is 0 Å². The Bertz CT molecular complexity index is 896. The van der Waals surface area contributed by atoms with E-state index >= 15 is 0 Å². The second kappa shape index (κ2) is 4.88. The Morgan fingerprint density at radius 2 is 1.95 bits per heavy atom. The first-order valence-electron chi connectivity index (χ1n) is 6.06. The number of anilines is 2. The molecule has 7 nitrogen and oxygen atoms in total. The highest BCUT2D eigenvalue weighted by Gasteiger charge is 2.28. The van der Waals surface area contributed by atoms with E-state index in [1.165, 1.54) is 12.1 Å². The smallest absolute Gasteiger partial charge is 0.287 e. The molecule has 0 saturated carbocycles. The maximum atomic E-state index is 13.2. The minimum atomic E-state index is -4.17. The molecule has 0 aliphatic carbocycles. The van der Waals surface area contributed by atoms with E-state index in [9.17, 15) is 23.0 Å². The lowest BCUT2D eigenvalue weighted by atomic mass is 10.2. The first-order chi connectivity index (χ1) is 10.3. The predicted molar refractivity (Wildman–Crippen MR) is 78.0 cm³/mol. The largest absolute Gasteiger partial charge is 0.508 e. The highest BCUT2D eigenvalue weighted by atomic mass is 32.2. The van der Waals surface area contributed by atoms with E-state index in [4.69, 9.17) is 0 Å². The van der Waals surface area contributed by atoms with Gasteiger partial charge in [-0.15, -0.1) is 4.40 Å². The van der Waals surface area contributed by atoms with Crippen molar-refractivity contribution in [3.8, 4) is 11.5 Å². The van der Waals surface area contributed by atoms with Crippen molar-refractivity contribution in [2.45, 2.75) is 4.90 Å². The highest BCUT2D eigenvalue weighted by molar-refractivity contribution is 7.90. The quantitative estimate of drug-likeness (QED) is 0.596. The maximum absolute atomic E-state index is 13.2. The molecule has 0 fully saturated rings. The Morgan fingerprint density at radius 1 is 1.18 bits per heavy atom. The molecule has 0 unspecified atom stereocenters. The van der Waals surface area contributed by atoms with Gasteiger partial charge in [0.2, 0.25) is 5.96 Å². The minimum absolute atomic E-state index is 0.0189. The number of fused-ring (bicyclic) bond motifs is 1. The third kappa shape index (κ3) is 2.53. The number of sulfonamides is 1. The number of aromatic hydroxyl groups is 2. The summed E-state index contributed by atoms with van der Waals surface area (Å²) in [4.78, 5) is -0.452. The summed E-state index contributed by atoms with van der Waals surface area (Å²) >= 11 is 0. The van der Waals surface area contributed by atoms with Crippen LogP contribution in [0.4, 0.5) is 15.8 Å². The van der Waals surface area contributed by atoms with E-state index in [-0.39, 0.29) is 17.4 Å². The summed E-state index contributed by atoms with van der Waals surface area (Å²) < 4.78 is 40.8. The van der Waals surface area contributed by atoms with Crippen LogP contribution in [-0.2, 0) is 10.0 Å². The zero-order valence-electron chi connectivity index (χ0n) is 10.9. The Labute approximate surface area is 124 Å². The van der Waals surface area contributed by atoms with Crippen molar-refractivity contribution in [2.75, 3.05) is 10.6 Å². The van der Waals surface area contributed by atoms with Crippen molar-refractivity contribution >= 4 is 27.4 Å². The molecule has 0 atom stereocenters. The zero-order valence-corrected chi connectivity index (χ0v) is 11.7. The van der Waals surface area contributed by atoms with E-state index in [1.807, 2.05) is 0 Å². The first kappa shape index (κ1) is 14.1. The van der Waals surface area contributed by atoms with Gasteiger partial charge in [-0.25, -0.2) is 4.39 Å². The van der Waals surface area contributed by atoms with Crippen LogP contribution in [0.1, 0.15) is 0 Å². The van der Waals surface area contributed by atoms with Gasteiger partial charge in [0.1, 0.15) is 27.9 Å². The predicted octanol–water partition coefficient (Wildman–Crippen LogP) is 1.82. The molecular weight excluding hydrogens is 313 g/mol. The monoisotopic (exact) mass is 323 g/mol. The molecule has 1 heterocycles. The molecule has 0 aromatic heterocycles. The van der Waals surface area contributed by atoms with Crippen molar-refractivity contribution in [1.29, 1.82) is 0 Å². The number of halogens is 1. The van der Waals surface area contributed by atoms with Gasteiger partial charge in [-0.3, -0.25) is 0 Å². The molecular formula is C13H10FN3O4S. The molecule has 3 rings (SSSR count). The van der Waals surface area contributed by atoms with E-state index in [0.717, 1.165) is 12.1 Å². The third-order valence-electron chi connectivity index (χ3n) is 2.89. The lowest BCUT2D eigenvalue weighted by molar-refractivity contribution is 0.469. The van der Waals surface area contributed by atoms with Crippen molar-refractivity contribution in [3.05, 3.63) is 42.2 Å². The summed E-state index contributed by atoms with van der Waals surface area (Å²) in [6.45, 7) is 0. The van der Waals surface area contributed by atoms with E-state index in [2.05, 4.69) is 15.0 Å². The van der Waals surface area contributed by atoms with Gasteiger partial charge in [-0.1, -0.05) is 6.07 Å². The molecule has 4 N–H and O–H groups in total. The second-order valence-electron chi connectivity index (χ2n) is 4.51. The molecule has 0 spiro atoms. The Balaban J connectivity index is 2.02. The standard InChI is InChI=1S/C13H10FN3O4S/c14-7-4-10(19)12-11(5-7)22(20,21)17-13(16-12)15-8-2-1-3-9(18)6-8/h1-6,18-19H,(H2,15,16,17). The van der Waals surface area contributed by atoms with Crippen LogP contribution in [0.25, 0.3) is 0 Å². The van der Waals surface area contributed by atoms with Gasteiger partial charge < -0.3 is 20.8 Å². The minimum Gasteiger partial charge on any atom is -0.508 e. The highest BCUT2D eigenvalue weighted by Crippen LogP contribution is 2.35. The van der Waals surface area contributed by atoms with E-state index < -0.39 is 26.5 Å². The van der Waals surface area contributed by atoms with E-state index in [0.29, 0.717) is 5.69 Å². The number of hydrogen-bond donors (Lipinski definition) is 4. The number of benzene rings is 2. The van der Waals surface area contributed by atoms with Gasteiger partial charge in [0, 0.05) is 17.8 Å². The van der Waals surface area contributed by atoms with Crippen LogP contribution in [0.5, 0.6) is 11.5 Å². The summed E-state index contributed by atoms with van der Waals surface area (Å²) in [5.74, 6) is -1.64. The number of guanidine groups is 1. The van der Waals surface area contributed by atoms with Gasteiger partial charge in [0.25, 0.3) is 10.0 Å². The summed E-state index contributed by atoms with van der Waals surface area (Å²) in [5.41, 5.74) is 0.213. The van der Waals surface area contributed by atoms with Gasteiger partial charge in [0.15, 0.2) is 0 Å². The number of phenolic OH excluding ortho intramolecular Hbond substituents is 2. The molecule has 0 amide bonds. The van der Waals surface area contributed by atoms with Crippen LogP contribution in [0.3, 0.4) is 0 Å². The number of hydrogen-bond acceptors (Lipinski definition) is 6. The average Bonchev–Trinajstić information content (AvgIpc) is 2.40. The molecule has 1 aliphatic rings. The Hall–Kier alpha value is -2.81. The fourth-order valence-corrected chi connectivity index (χ4v) is 3.09. The first-order valence-corrected chi connectivity index (χ1v) is 7.50. The van der Waals surface area contributed by atoms with Crippen LogP contribution in [0, 0.1) is 5.82 Å². The van der Waals surface area contributed by atoms with Crippen LogP contribution >= 0.6 is 0 Å². The molecule has 2 aromatic carbocycles. The molecule has 114 valence electrons. The summed E-state index contributed by atoms with van der Waals surface area (Å²) in [6, 6.07) is 7.50. The van der Waals surface area contributed by atoms with Crippen molar-refractivity contribution < 1.29 is 23.0 Å². The molecule has 9 heteroatoms. The third-order valence-corrected chi connectivity index (χ3v) is 4.19. The SMILES string of the molecule is O=S1(=O)N=C(Nc2cccc(O)c2)Nc2c(O)cc(F)cc21. The zero-order chi connectivity index (χ0) is 15.9. The normalized spacial score (nSPS) is 15.4. The topological polar surface area (TPSA) is 111 Å². The molecule has 22 heavy (non-hydrogen) atoms. The lowest BCUT2D eigenvalue weighted by Crippen LogP contribution is -2.28. The van der Waals surface area contributed by atoms with Gasteiger partial charge in [-0.2, -0.15) is 8.42 Å². The Kier molecular flexibility index (Phi) is 3.14. The Morgan fingerprint density at radius 3 is 2.68 bits per heavy atom. The van der Waals surface area contributed by atoms with Crippen LogP contribution < -0.4 is 10.6 Å². The fraction of sp³-hybridized carbons (Fsp3) is 0. The van der Waals surface area contributed by atoms with Crippen molar-refractivity contribution in [2.24, 2.45) is 4.40 Å². The lowest BCUT2D eigenvalue weighted by Gasteiger charge is -2.20. The molecule has 1 aliphatic heterocycles. The van der Waals surface area contributed by atoms with Gasteiger partial charge in [0.05, 0.1) is 0 Å². The summed E-state index contributed by atoms with van der Waals surface area (Å²) in [7, 11) is -4.17. The molecule has 0 radical (unpaired) electrons. The maximum Gasteiger partial charge on any atom is 0.287 e. The molecule has 0 saturated heterocycles. The van der Waals surface area contributed by atoms with Crippen LogP contribution in [-0.4, -0.2) is 24.6 Å². The van der Waals surface area contributed by atoms with Gasteiger partial charge >= 0.3 is 0 Å². The fourth-order valence-electron chi connectivity index (χ4n) is 1.98. The summed E-state index contributed by atoms with van der Waals surface area (Å²) in [6.07, 6.45) is 0. The molecule has 2 aromatic rings. The van der Waals surface area contributed by atoms with Gasteiger partial charge in [-0.05, 0) is 18.2 Å². The van der Waals surface area contributed by atoms with Crippen LogP contribution in [0.2, 0.25) is 0 Å². The van der Waals surface area contributed by atoms with E-state index in [1.54, 1.807) is 12.1 Å². The van der Waals surface area contributed by atoms with Crippen LogP contribution in [0.15, 0.2) is 45.7 Å². The summed E-state index contributed by atoms with van der Waals surface area (Å²) in [5, 5.41) is 24.3.